The first kappa shape index (κ1) is 7.98. The van der Waals surface area contributed by atoms with Gasteiger partial charge in [-0.25, -0.2) is 0 Å². The molecule has 0 radical (unpaired) electrons. The predicted molar refractivity (Wildman–Crippen MR) is 35.5 cm³/mol. The van der Waals surface area contributed by atoms with Gasteiger partial charge in [-0.15, -0.1) is 0 Å². The highest BCUT2D eigenvalue weighted by atomic mass is 16.3. The summed E-state index contributed by atoms with van der Waals surface area (Å²) in [6, 6.07) is 0. The van der Waals surface area contributed by atoms with Crippen LogP contribution in [0.3, 0.4) is 0 Å². The van der Waals surface area contributed by atoms with Crippen molar-refractivity contribution in [3.63, 3.8) is 0 Å². The summed E-state index contributed by atoms with van der Waals surface area (Å²) in [5.41, 5.74) is -2.01. The normalized spacial score (nSPS) is 20.1. The minimum absolute atomic E-state index is 1.01. The highest BCUT2D eigenvalue weighted by Gasteiger charge is 2.31. The monoisotopic (exact) mass is 116 g/mol. The van der Waals surface area contributed by atoms with E-state index in [2.05, 4.69) is 0 Å². The van der Waals surface area contributed by atoms with E-state index in [0.29, 0.717) is 0 Å². The molecule has 1 atom stereocenters. The van der Waals surface area contributed by atoms with Crippen LogP contribution < -0.4 is 0 Å². The second-order valence-corrected chi connectivity index (χ2v) is 3.12. The van der Waals surface area contributed by atoms with E-state index in [-0.39, 0.29) is 0 Å². The molecule has 0 saturated heterocycles. The Morgan fingerprint density at radius 2 is 1.25 bits per heavy atom. The molecule has 0 aliphatic heterocycles. The summed E-state index contributed by atoms with van der Waals surface area (Å²) < 4.78 is 0. The van der Waals surface area contributed by atoms with E-state index >= 15 is 0 Å². The van der Waals surface area contributed by atoms with Crippen LogP contribution in [0.4, 0.5) is 0 Å². The van der Waals surface area contributed by atoms with Crippen molar-refractivity contribution in [1.29, 1.82) is 0 Å². The van der Waals surface area contributed by atoms with E-state index in [0.717, 1.165) is 0 Å². The summed E-state index contributed by atoms with van der Waals surface area (Å²) in [5.74, 6) is 0. The minimum Gasteiger partial charge on any atom is -0.396 e. The van der Waals surface area contributed by atoms with E-state index in [1.54, 1.807) is 28.6 Å². The molecule has 0 aromatic rings. The predicted octanol–water partition coefficient (Wildman–Crippen LogP) is -0.901. The summed E-state index contributed by atoms with van der Waals surface area (Å²) in [7, 11) is 1.58. The molecule has 3 heteroatoms. The highest BCUT2D eigenvalue weighted by molar-refractivity contribution is 6.14. The van der Waals surface area contributed by atoms with Crippen LogP contribution in [0, 0.1) is 0 Å². The quantitative estimate of drug-likeness (QED) is 0.436. The van der Waals surface area contributed by atoms with Gasteiger partial charge in [0.2, 0.25) is 0 Å². The van der Waals surface area contributed by atoms with Crippen molar-refractivity contribution in [2.24, 2.45) is 0 Å². The highest BCUT2D eigenvalue weighted by Crippen LogP contribution is 2.15. The van der Waals surface area contributed by atoms with Gasteiger partial charge in [-0.3, -0.25) is 0 Å². The molecule has 0 spiro atoms. The molecule has 48 valence electrons. The SMILES string of the molecule is BC(C)(O)C(C)(C)O. The maximum atomic E-state index is 9.10. The van der Waals surface area contributed by atoms with Gasteiger partial charge >= 0.3 is 0 Å². The van der Waals surface area contributed by atoms with Gasteiger partial charge < -0.3 is 10.2 Å². The Morgan fingerprint density at radius 1 is 1.12 bits per heavy atom. The summed E-state index contributed by atoms with van der Waals surface area (Å²) in [6.07, 6.45) is 0. The number of hydrogen-bond acceptors (Lipinski definition) is 2. The van der Waals surface area contributed by atoms with Gasteiger partial charge in [0, 0.05) is 0 Å². The lowest BCUT2D eigenvalue weighted by Gasteiger charge is -2.31. The number of rotatable bonds is 1. The van der Waals surface area contributed by atoms with Gasteiger partial charge in [-0.2, -0.15) is 0 Å². The van der Waals surface area contributed by atoms with Crippen molar-refractivity contribution in [3.05, 3.63) is 0 Å². The Morgan fingerprint density at radius 3 is 1.25 bits per heavy atom. The fourth-order valence-electron chi connectivity index (χ4n) is 0. The van der Waals surface area contributed by atoms with Gasteiger partial charge in [0.05, 0.1) is 11.1 Å². The molecule has 0 aromatic carbocycles. The first-order valence-corrected chi connectivity index (χ1v) is 2.70. The smallest absolute Gasteiger partial charge is 0.146 e. The first-order valence-electron chi connectivity index (χ1n) is 2.70. The summed E-state index contributed by atoms with van der Waals surface area (Å²) in [6.45, 7) is 4.73. The summed E-state index contributed by atoms with van der Waals surface area (Å²) in [4.78, 5) is 0. The van der Waals surface area contributed by atoms with Crippen LogP contribution in [0.15, 0.2) is 0 Å². The number of hydrogen-bond donors (Lipinski definition) is 2. The first-order chi connectivity index (χ1) is 3.25. The molecular weight excluding hydrogens is 103 g/mol. The van der Waals surface area contributed by atoms with Gasteiger partial charge in [0.1, 0.15) is 7.85 Å². The van der Waals surface area contributed by atoms with E-state index in [1.165, 1.54) is 0 Å². The molecule has 0 aliphatic carbocycles. The van der Waals surface area contributed by atoms with Gasteiger partial charge in [0.15, 0.2) is 0 Å². The largest absolute Gasteiger partial charge is 0.396 e. The van der Waals surface area contributed by atoms with E-state index in [4.69, 9.17) is 10.2 Å². The lowest BCUT2D eigenvalue weighted by atomic mass is 9.72. The molecule has 0 bridgehead atoms. The second-order valence-electron chi connectivity index (χ2n) is 3.12. The molecule has 2 nitrogen and oxygen atoms in total. The third-order valence-corrected chi connectivity index (χ3v) is 1.50. The Kier molecular flexibility index (Phi) is 1.74. The van der Waals surface area contributed by atoms with Crippen LogP contribution in [-0.2, 0) is 0 Å². The van der Waals surface area contributed by atoms with Gasteiger partial charge in [-0.05, 0) is 20.8 Å². The topological polar surface area (TPSA) is 40.5 Å². The molecule has 0 aliphatic rings. The van der Waals surface area contributed by atoms with Gasteiger partial charge in [-0.1, -0.05) is 0 Å². The molecule has 0 amide bonds. The molecule has 1 unspecified atom stereocenters. The van der Waals surface area contributed by atoms with Gasteiger partial charge in [0.25, 0.3) is 0 Å². The zero-order valence-electron chi connectivity index (χ0n) is 5.89. The third-order valence-electron chi connectivity index (χ3n) is 1.50. The van der Waals surface area contributed by atoms with Crippen molar-refractivity contribution in [2.75, 3.05) is 0 Å². The molecule has 0 heterocycles. The Labute approximate surface area is 50.9 Å². The Hall–Kier alpha value is -0.0151. The van der Waals surface area contributed by atoms with Crippen LogP contribution in [0.25, 0.3) is 0 Å². The molecule has 0 rings (SSSR count). The molecule has 2 N–H and O–H groups in total. The molecule has 8 heavy (non-hydrogen) atoms. The lowest BCUT2D eigenvalue weighted by Crippen LogP contribution is -2.47. The van der Waals surface area contributed by atoms with E-state index in [1.807, 2.05) is 0 Å². The van der Waals surface area contributed by atoms with Crippen molar-refractivity contribution in [3.8, 4) is 0 Å². The molecule has 0 saturated carbocycles. The maximum absolute atomic E-state index is 9.10. The van der Waals surface area contributed by atoms with Crippen molar-refractivity contribution in [2.45, 2.75) is 31.9 Å². The van der Waals surface area contributed by atoms with Crippen LogP contribution >= 0.6 is 0 Å². The number of aliphatic hydroxyl groups is 2. The lowest BCUT2D eigenvalue weighted by molar-refractivity contribution is -0.0662. The average molecular weight is 116 g/mol. The summed E-state index contributed by atoms with van der Waals surface area (Å²) >= 11 is 0. The van der Waals surface area contributed by atoms with Crippen LogP contribution in [0.1, 0.15) is 20.8 Å². The Bertz CT molecular complexity index is 65.4. The zero-order valence-corrected chi connectivity index (χ0v) is 5.89. The van der Waals surface area contributed by atoms with E-state index < -0.39 is 11.1 Å². The fraction of sp³-hybridized carbons (Fsp3) is 1.00. The fourth-order valence-corrected chi connectivity index (χ4v) is 0. The molecule has 0 fully saturated rings. The average Bonchev–Trinajstić information content (AvgIpc) is 1.25. The zero-order chi connectivity index (χ0) is 7.00. The second kappa shape index (κ2) is 1.74. The molecular formula is C5H13BO2. The molecule has 0 aromatic heterocycles. The standard InChI is InChI=1S/C5H13BO2/c1-4(2,7)5(3,6)8/h7-8H,6H2,1-3H3. The van der Waals surface area contributed by atoms with Crippen LogP contribution in [-0.4, -0.2) is 29.2 Å². The van der Waals surface area contributed by atoms with E-state index in [9.17, 15) is 0 Å². The maximum Gasteiger partial charge on any atom is 0.146 e. The van der Waals surface area contributed by atoms with Crippen molar-refractivity contribution in [1.82, 2.24) is 0 Å². The minimum atomic E-state index is -1.01. The van der Waals surface area contributed by atoms with Crippen LogP contribution in [0.2, 0.25) is 0 Å². The Balaban J connectivity index is 4.02. The third kappa shape index (κ3) is 1.84. The van der Waals surface area contributed by atoms with Crippen molar-refractivity contribution >= 4 is 7.85 Å². The van der Waals surface area contributed by atoms with Crippen LogP contribution in [0.5, 0.6) is 0 Å². The summed E-state index contributed by atoms with van der Waals surface area (Å²) in [5, 5.41) is 18.2. The van der Waals surface area contributed by atoms with Crippen molar-refractivity contribution < 1.29 is 10.2 Å².